The van der Waals surface area contributed by atoms with Crippen LogP contribution in [-0.4, -0.2) is 36.0 Å². The van der Waals surface area contributed by atoms with Gasteiger partial charge in [0.05, 0.1) is 5.54 Å². The lowest BCUT2D eigenvalue weighted by atomic mass is 9.90. The van der Waals surface area contributed by atoms with Crippen LogP contribution in [0.2, 0.25) is 0 Å². The zero-order valence-corrected chi connectivity index (χ0v) is 12.0. The lowest BCUT2D eigenvalue weighted by molar-refractivity contribution is -0.127. The molecule has 5 heteroatoms. The summed E-state index contributed by atoms with van der Waals surface area (Å²) in [5.41, 5.74) is -0.337. The molecule has 1 amide bonds. The average molecular weight is 267 g/mol. The lowest BCUT2D eigenvalue weighted by Gasteiger charge is -2.33. The van der Waals surface area contributed by atoms with E-state index in [0.717, 1.165) is 25.9 Å². The molecule has 1 fully saturated rings. The summed E-state index contributed by atoms with van der Waals surface area (Å²) in [5.74, 6) is 0.156. The summed E-state index contributed by atoms with van der Waals surface area (Å²) in [6, 6.07) is 0. The van der Waals surface area contributed by atoms with Gasteiger partial charge < -0.3 is 10.6 Å². The summed E-state index contributed by atoms with van der Waals surface area (Å²) in [6.07, 6.45) is 5.35. The summed E-state index contributed by atoms with van der Waals surface area (Å²) in [6.45, 7) is 5.85. The second-order valence-electron chi connectivity index (χ2n) is 4.47. The molecule has 1 saturated heterocycles. The molecule has 16 heavy (non-hydrogen) atoms. The molecule has 0 aromatic heterocycles. The predicted octanol–water partition coefficient (Wildman–Crippen LogP) is 1.81. The Kier molecular flexibility index (Phi) is 7.44. The van der Waals surface area contributed by atoms with Crippen molar-refractivity contribution in [2.24, 2.45) is 0 Å². The van der Waals surface area contributed by atoms with Gasteiger partial charge in [-0.2, -0.15) is 11.8 Å². The van der Waals surface area contributed by atoms with Crippen LogP contribution in [0.5, 0.6) is 0 Å². The third kappa shape index (κ3) is 4.52. The van der Waals surface area contributed by atoms with E-state index in [9.17, 15) is 4.79 Å². The summed E-state index contributed by atoms with van der Waals surface area (Å²) < 4.78 is 0. The number of nitrogens with one attached hydrogen (secondary N) is 2. The first-order valence-corrected chi connectivity index (χ1v) is 6.93. The Balaban J connectivity index is 0.00000225. The molecule has 2 unspecified atom stereocenters. The van der Waals surface area contributed by atoms with Gasteiger partial charge in [-0.25, -0.2) is 0 Å². The van der Waals surface area contributed by atoms with Gasteiger partial charge in [0.25, 0.3) is 0 Å². The van der Waals surface area contributed by atoms with E-state index in [4.69, 9.17) is 0 Å². The molecular formula is C11H23ClN2OS. The molecule has 0 radical (unpaired) electrons. The van der Waals surface area contributed by atoms with Crippen LogP contribution in [0.1, 0.15) is 33.1 Å². The van der Waals surface area contributed by atoms with E-state index in [1.54, 1.807) is 11.8 Å². The van der Waals surface area contributed by atoms with Crippen molar-refractivity contribution in [1.29, 1.82) is 0 Å². The van der Waals surface area contributed by atoms with Crippen molar-refractivity contribution in [1.82, 2.24) is 10.6 Å². The van der Waals surface area contributed by atoms with Crippen LogP contribution < -0.4 is 10.6 Å². The van der Waals surface area contributed by atoms with Gasteiger partial charge in [0, 0.05) is 11.8 Å². The molecule has 0 saturated carbocycles. The molecule has 1 rings (SSSR count). The molecule has 2 N–H and O–H groups in total. The van der Waals surface area contributed by atoms with E-state index in [2.05, 4.69) is 23.8 Å². The molecule has 1 aliphatic rings. The van der Waals surface area contributed by atoms with E-state index in [-0.39, 0.29) is 23.9 Å². The fourth-order valence-electron chi connectivity index (χ4n) is 1.76. The van der Waals surface area contributed by atoms with Gasteiger partial charge in [0.1, 0.15) is 0 Å². The molecule has 0 aromatic carbocycles. The summed E-state index contributed by atoms with van der Waals surface area (Å²) in [7, 11) is 0. The molecule has 0 bridgehead atoms. The van der Waals surface area contributed by atoms with Crippen molar-refractivity contribution in [2.45, 2.75) is 43.9 Å². The SMILES string of the molecule is CSC(C)CNC(=O)C1(C)CCCCN1.Cl. The molecule has 1 aliphatic heterocycles. The maximum absolute atomic E-state index is 12.0. The highest BCUT2D eigenvalue weighted by Gasteiger charge is 2.33. The van der Waals surface area contributed by atoms with Crippen molar-refractivity contribution in [3.8, 4) is 0 Å². The van der Waals surface area contributed by atoms with Crippen LogP contribution in [0.15, 0.2) is 0 Å². The smallest absolute Gasteiger partial charge is 0.240 e. The Bertz CT molecular complexity index is 220. The quantitative estimate of drug-likeness (QED) is 0.816. The third-order valence-corrected chi connectivity index (χ3v) is 4.04. The highest BCUT2D eigenvalue weighted by molar-refractivity contribution is 7.99. The van der Waals surface area contributed by atoms with Crippen LogP contribution in [0.3, 0.4) is 0 Å². The number of piperidine rings is 1. The van der Waals surface area contributed by atoms with E-state index in [0.29, 0.717) is 5.25 Å². The Labute approximate surface area is 109 Å². The van der Waals surface area contributed by atoms with E-state index >= 15 is 0 Å². The zero-order valence-electron chi connectivity index (χ0n) is 10.3. The van der Waals surface area contributed by atoms with Gasteiger partial charge in [0.2, 0.25) is 5.91 Å². The maximum Gasteiger partial charge on any atom is 0.240 e. The predicted molar refractivity (Wildman–Crippen MR) is 73.5 cm³/mol. The number of carbonyl (C=O) groups excluding carboxylic acids is 1. The van der Waals surface area contributed by atoms with Crippen LogP contribution in [0, 0.1) is 0 Å². The number of carbonyl (C=O) groups is 1. The molecule has 0 aliphatic carbocycles. The van der Waals surface area contributed by atoms with Gasteiger partial charge in [-0.15, -0.1) is 12.4 Å². The molecule has 3 nitrogen and oxygen atoms in total. The second-order valence-corrected chi connectivity index (χ2v) is 5.75. The minimum absolute atomic E-state index is 0. The van der Waals surface area contributed by atoms with Crippen LogP contribution in [-0.2, 0) is 4.79 Å². The fraction of sp³-hybridized carbons (Fsp3) is 0.909. The molecule has 2 atom stereocenters. The molecule has 1 heterocycles. The topological polar surface area (TPSA) is 41.1 Å². The first kappa shape index (κ1) is 16.1. The van der Waals surface area contributed by atoms with Gasteiger partial charge in [-0.1, -0.05) is 6.92 Å². The average Bonchev–Trinajstić information content (AvgIpc) is 2.26. The Morgan fingerprint density at radius 2 is 2.25 bits per heavy atom. The first-order valence-electron chi connectivity index (χ1n) is 5.64. The molecule has 96 valence electrons. The number of halogens is 1. The molecule has 0 aromatic rings. The van der Waals surface area contributed by atoms with Crippen molar-refractivity contribution < 1.29 is 4.79 Å². The van der Waals surface area contributed by atoms with Crippen LogP contribution in [0.4, 0.5) is 0 Å². The Hall–Kier alpha value is 0.0700. The molecule has 0 spiro atoms. The fourth-order valence-corrected chi connectivity index (χ4v) is 2.01. The Morgan fingerprint density at radius 3 is 2.75 bits per heavy atom. The monoisotopic (exact) mass is 266 g/mol. The largest absolute Gasteiger partial charge is 0.353 e. The number of hydrogen-bond acceptors (Lipinski definition) is 3. The van der Waals surface area contributed by atoms with Gasteiger partial charge >= 0.3 is 0 Å². The van der Waals surface area contributed by atoms with E-state index in [1.165, 1.54) is 6.42 Å². The number of amides is 1. The Morgan fingerprint density at radius 1 is 1.56 bits per heavy atom. The molecular weight excluding hydrogens is 244 g/mol. The van der Waals surface area contributed by atoms with Crippen LogP contribution in [0.25, 0.3) is 0 Å². The third-order valence-electron chi connectivity index (χ3n) is 3.07. The summed E-state index contributed by atoms with van der Waals surface area (Å²) in [4.78, 5) is 12.0. The minimum atomic E-state index is -0.337. The first-order chi connectivity index (χ1) is 7.08. The van der Waals surface area contributed by atoms with Gasteiger partial charge in [0.15, 0.2) is 0 Å². The van der Waals surface area contributed by atoms with Crippen molar-refractivity contribution in [3.05, 3.63) is 0 Å². The number of rotatable bonds is 4. The summed E-state index contributed by atoms with van der Waals surface area (Å²) >= 11 is 1.78. The number of hydrogen-bond donors (Lipinski definition) is 2. The normalized spacial score (nSPS) is 26.7. The maximum atomic E-state index is 12.0. The minimum Gasteiger partial charge on any atom is -0.353 e. The van der Waals surface area contributed by atoms with E-state index < -0.39 is 0 Å². The van der Waals surface area contributed by atoms with Crippen molar-refractivity contribution >= 4 is 30.1 Å². The summed E-state index contributed by atoms with van der Waals surface area (Å²) in [5, 5.41) is 6.83. The number of thioether (sulfide) groups is 1. The second kappa shape index (κ2) is 7.41. The zero-order chi connectivity index (χ0) is 11.3. The van der Waals surface area contributed by atoms with Crippen molar-refractivity contribution in [2.75, 3.05) is 19.3 Å². The van der Waals surface area contributed by atoms with Gasteiger partial charge in [-0.3, -0.25) is 4.79 Å². The highest BCUT2D eigenvalue weighted by atomic mass is 35.5. The lowest BCUT2D eigenvalue weighted by Crippen LogP contribution is -2.57. The standard InChI is InChI=1S/C11H22N2OS.ClH/c1-9(15-3)8-12-10(14)11(2)6-4-5-7-13-11;/h9,13H,4-8H2,1-3H3,(H,12,14);1H. The van der Waals surface area contributed by atoms with Crippen LogP contribution >= 0.6 is 24.2 Å². The highest BCUT2D eigenvalue weighted by Crippen LogP contribution is 2.18. The van der Waals surface area contributed by atoms with Gasteiger partial charge in [-0.05, 0) is 39.0 Å². The van der Waals surface area contributed by atoms with Crippen molar-refractivity contribution in [3.63, 3.8) is 0 Å². The van der Waals surface area contributed by atoms with E-state index in [1.807, 2.05) is 6.92 Å².